The summed E-state index contributed by atoms with van der Waals surface area (Å²) in [5.74, 6) is -1.31. The molecule has 3 aromatic rings. The van der Waals surface area contributed by atoms with E-state index in [1.54, 1.807) is 43.3 Å². The Balaban J connectivity index is 1.58. The third kappa shape index (κ3) is 5.67. The van der Waals surface area contributed by atoms with E-state index in [-0.39, 0.29) is 5.56 Å². The van der Waals surface area contributed by atoms with Crippen molar-refractivity contribution in [3.05, 3.63) is 94.8 Å². The van der Waals surface area contributed by atoms with Crippen LogP contribution in [0.25, 0.3) is 0 Å². The number of halogens is 1. The highest BCUT2D eigenvalue weighted by Gasteiger charge is 2.16. The second kappa shape index (κ2) is 9.69. The molecule has 3 aromatic carbocycles. The molecule has 0 saturated heterocycles. The lowest BCUT2D eigenvalue weighted by Crippen LogP contribution is -2.21. The van der Waals surface area contributed by atoms with Crippen LogP contribution in [-0.4, -0.2) is 18.5 Å². The Morgan fingerprint density at radius 2 is 1.77 bits per heavy atom. The van der Waals surface area contributed by atoms with Crippen molar-refractivity contribution in [3.63, 3.8) is 0 Å². The van der Waals surface area contributed by atoms with Gasteiger partial charge in [0.05, 0.1) is 0 Å². The first-order valence-electron chi connectivity index (χ1n) is 9.43. The highest BCUT2D eigenvalue weighted by Crippen LogP contribution is 2.21. The minimum atomic E-state index is -0.680. The lowest BCUT2D eigenvalue weighted by atomic mass is 10.1. The first-order valence-corrected chi connectivity index (χ1v) is 9.43. The molecule has 0 unspecified atom stereocenters. The summed E-state index contributed by atoms with van der Waals surface area (Å²) < 4.78 is 24.5. The molecule has 0 radical (unpaired) electrons. The van der Waals surface area contributed by atoms with Gasteiger partial charge in [-0.25, -0.2) is 9.18 Å². The van der Waals surface area contributed by atoms with Crippen LogP contribution in [0.2, 0.25) is 0 Å². The van der Waals surface area contributed by atoms with Crippen molar-refractivity contribution in [2.75, 3.05) is 11.9 Å². The van der Waals surface area contributed by atoms with E-state index < -0.39 is 24.3 Å². The second-order valence-corrected chi connectivity index (χ2v) is 6.86. The van der Waals surface area contributed by atoms with Gasteiger partial charge >= 0.3 is 5.97 Å². The van der Waals surface area contributed by atoms with Crippen molar-refractivity contribution in [1.29, 1.82) is 0 Å². The van der Waals surface area contributed by atoms with Crippen molar-refractivity contribution < 1.29 is 23.5 Å². The topological polar surface area (TPSA) is 64.6 Å². The van der Waals surface area contributed by atoms with Gasteiger partial charge < -0.3 is 14.8 Å². The molecule has 30 heavy (non-hydrogen) atoms. The van der Waals surface area contributed by atoms with Gasteiger partial charge in [-0.05, 0) is 49.2 Å². The number of nitrogens with one attached hydrogen (secondary N) is 1. The Kier molecular flexibility index (Phi) is 6.80. The van der Waals surface area contributed by atoms with Gasteiger partial charge in [-0.2, -0.15) is 0 Å². The third-order valence-corrected chi connectivity index (χ3v) is 4.37. The summed E-state index contributed by atoms with van der Waals surface area (Å²) in [7, 11) is 0. The SMILES string of the molecule is Cc1cccc(COc2ccccc2C(=O)OCC(=O)Nc2ccc(C)c(F)c2)c1. The van der Waals surface area contributed by atoms with Crippen molar-refractivity contribution in [1.82, 2.24) is 0 Å². The number of aryl methyl sites for hydroxylation is 2. The summed E-state index contributed by atoms with van der Waals surface area (Å²) in [5, 5.41) is 2.50. The normalized spacial score (nSPS) is 10.4. The number of hydrogen-bond acceptors (Lipinski definition) is 4. The highest BCUT2D eigenvalue weighted by molar-refractivity contribution is 5.96. The average molecular weight is 407 g/mol. The molecule has 0 saturated carbocycles. The van der Waals surface area contributed by atoms with Gasteiger partial charge in [-0.1, -0.05) is 48.0 Å². The van der Waals surface area contributed by atoms with E-state index >= 15 is 0 Å². The molecule has 1 N–H and O–H groups in total. The molecule has 3 rings (SSSR count). The van der Waals surface area contributed by atoms with Crippen LogP contribution in [0.15, 0.2) is 66.7 Å². The molecule has 154 valence electrons. The minimum absolute atomic E-state index is 0.222. The van der Waals surface area contributed by atoms with E-state index in [1.807, 2.05) is 31.2 Å². The maximum Gasteiger partial charge on any atom is 0.342 e. The van der Waals surface area contributed by atoms with Crippen LogP contribution in [0, 0.1) is 19.7 Å². The summed E-state index contributed by atoms with van der Waals surface area (Å²) in [6.07, 6.45) is 0. The molecular weight excluding hydrogens is 385 g/mol. The average Bonchev–Trinajstić information content (AvgIpc) is 2.73. The van der Waals surface area contributed by atoms with E-state index in [9.17, 15) is 14.0 Å². The predicted molar refractivity (Wildman–Crippen MR) is 112 cm³/mol. The Labute approximate surface area is 174 Å². The van der Waals surface area contributed by atoms with E-state index in [0.717, 1.165) is 11.1 Å². The van der Waals surface area contributed by atoms with Gasteiger partial charge in [0.25, 0.3) is 5.91 Å². The molecule has 0 spiro atoms. The molecule has 0 aromatic heterocycles. The first kappa shape index (κ1) is 21.0. The molecule has 0 aliphatic rings. The highest BCUT2D eigenvalue weighted by atomic mass is 19.1. The number of carbonyl (C=O) groups is 2. The summed E-state index contributed by atoms with van der Waals surface area (Å²) in [6.45, 7) is 3.41. The Hall–Kier alpha value is -3.67. The van der Waals surface area contributed by atoms with Crippen LogP contribution in [0.1, 0.15) is 27.0 Å². The van der Waals surface area contributed by atoms with Crippen molar-refractivity contribution in [2.24, 2.45) is 0 Å². The maximum atomic E-state index is 13.6. The lowest BCUT2D eigenvalue weighted by Gasteiger charge is -2.12. The maximum absolute atomic E-state index is 13.6. The van der Waals surface area contributed by atoms with Gasteiger partial charge in [0.1, 0.15) is 23.7 Å². The summed E-state index contributed by atoms with van der Waals surface area (Å²) >= 11 is 0. The second-order valence-electron chi connectivity index (χ2n) is 6.86. The van der Waals surface area contributed by atoms with Crippen LogP contribution in [0.4, 0.5) is 10.1 Å². The number of benzene rings is 3. The van der Waals surface area contributed by atoms with E-state index in [0.29, 0.717) is 23.6 Å². The zero-order valence-corrected chi connectivity index (χ0v) is 16.8. The molecule has 1 amide bonds. The van der Waals surface area contributed by atoms with Gasteiger partial charge in [-0.15, -0.1) is 0 Å². The fourth-order valence-electron chi connectivity index (χ4n) is 2.80. The van der Waals surface area contributed by atoms with Crippen LogP contribution in [-0.2, 0) is 16.1 Å². The molecule has 0 atom stereocenters. The number of rotatable bonds is 7. The number of carbonyl (C=O) groups excluding carboxylic acids is 2. The largest absolute Gasteiger partial charge is 0.488 e. The Bertz CT molecular complexity index is 1060. The molecular formula is C24H22FNO4. The fourth-order valence-corrected chi connectivity index (χ4v) is 2.80. The third-order valence-electron chi connectivity index (χ3n) is 4.37. The van der Waals surface area contributed by atoms with Gasteiger partial charge in [0, 0.05) is 5.69 Å². The molecule has 0 fully saturated rings. The van der Waals surface area contributed by atoms with Crippen LogP contribution in [0.3, 0.4) is 0 Å². The minimum Gasteiger partial charge on any atom is -0.488 e. The number of amides is 1. The smallest absolute Gasteiger partial charge is 0.342 e. The van der Waals surface area contributed by atoms with E-state index in [2.05, 4.69) is 5.32 Å². The zero-order chi connectivity index (χ0) is 21.5. The number of anilines is 1. The predicted octanol–water partition coefficient (Wildman–Crippen LogP) is 4.82. The molecule has 0 aliphatic carbocycles. The van der Waals surface area contributed by atoms with Gasteiger partial charge in [0.15, 0.2) is 6.61 Å². The number of hydrogen-bond donors (Lipinski definition) is 1. The summed E-state index contributed by atoms with van der Waals surface area (Å²) in [4.78, 5) is 24.5. The standard InChI is InChI=1S/C24H22FNO4/c1-16-6-5-7-18(12-16)14-29-22-9-4-3-8-20(22)24(28)30-15-23(27)26-19-11-10-17(2)21(25)13-19/h3-13H,14-15H2,1-2H3,(H,26,27). The molecule has 0 bridgehead atoms. The van der Waals surface area contributed by atoms with E-state index in [4.69, 9.17) is 9.47 Å². The van der Waals surface area contributed by atoms with Crippen molar-refractivity contribution in [3.8, 4) is 5.75 Å². The number of para-hydroxylation sites is 1. The van der Waals surface area contributed by atoms with Crippen LogP contribution in [0.5, 0.6) is 5.75 Å². The number of ether oxygens (including phenoxy) is 2. The van der Waals surface area contributed by atoms with Crippen molar-refractivity contribution in [2.45, 2.75) is 20.5 Å². The molecule has 5 nitrogen and oxygen atoms in total. The Morgan fingerprint density at radius 1 is 0.967 bits per heavy atom. The zero-order valence-electron chi connectivity index (χ0n) is 16.8. The van der Waals surface area contributed by atoms with Gasteiger partial charge in [0.2, 0.25) is 0 Å². The fraction of sp³-hybridized carbons (Fsp3) is 0.167. The quantitative estimate of drug-likeness (QED) is 0.571. The summed E-state index contributed by atoms with van der Waals surface area (Å²) in [6, 6.07) is 18.9. The Morgan fingerprint density at radius 3 is 2.53 bits per heavy atom. The van der Waals surface area contributed by atoms with Crippen molar-refractivity contribution >= 4 is 17.6 Å². The van der Waals surface area contributed by atoms with Gasteiger partial charge in [-0.3, -0.25) is 4.79 Å². The number of esters is 1. The lowest BCUT2D eigenvalue weighted by molar-refractivity contribution is -0.119. The summed E-state index contributed by atoms with van der Waals surface area (Å²) in [5.41, 5.74) is 3.08. The van der Waals surface area contributed by atoms with E-state index in [1.165, 1.54) is 6.07 Å². The molecule has 0 aliphatic heterocycles. The molecule has 0 heterocycles. The monoisotopic (exact) mass is 407 g/mol. The van der Waals surface area contributed by atoms with Crippen LogP contribution < -0.4 is 10.1 Å². The molecule has 6 heteroatoms. The van der Waals surface area contributed by atoms with Crippen LogP contribution >= 0.6 is 0 Å². The first-order chi connectivity index (χ1) is 14.4.